The molecule has 0 aromatic heterocycles. The van der Waals surface area contributed by atoms with Gasteiger partial charge in [0.2, 0.25) is 0 Å². The van der Waals surface area contributed by atoms with Gasteiger partial charge in [0.05, 0.1) is 8.07 Å². The highest BCUT2D eigenvalue weighted by atomic mass is 31.1. The molecule has 0 saturated heterocycles. The van der Waals surface area contributed by atoms with E-state index in [0.717, 1.165) is 12.8 Å². The van der Waals surface area contributed by atoms with Gasteiger partial charge in [0.25, 0.3) is 0 Å². The summed E-state index contributed by atoms with van der Waals surface area (Å²) in [7, 11) is -2.11. The van der Waals surface area contributed by atoms with E-state index >= 15 is 0 Å². The fourth-order valence-corrected chi connectivity index (χ4v) is 8.57. The molecule has 1 aliphatic rings. The Labute approximate surface area is 212 Å². The van der Waals surface area contributed by atoms with Gasteiger partial charge in [-0.2, -0.15) is 0 Å². The van der Waals surface area contributed by atoms with E-state index in [-0.39, 0.29) is 0 Å². The Morgan fingerprint density at radius 2 is 1.26 bits per heavy atom. The summed E-state index contributed by atoms with van der Waals surface area (Å²) < 4.78 is 0. The van der Waals surface area contributed by atoms with Gasteiger partial charge in [0, 0.05) is 0 Å². The molecule has 2 heteroatoms. The Bertz CT molecular complexity index is 1310. The van der Waals surface area contributed by atoms with Gasteiger partial charge in [-0.25, -0.2) is 0 Å². The van der Waals surface area contributed by atoms with Crippen molar-refractivity contribution in [2.45, 2.75) is 32.5 Å². The molecule has 0 heterocycles. The first-order valence-corrected chi connectivity index (χ1v) is 17.3. The normalized spacial score (nSPS) is 13.6. The van der Waals surface area contributed by atoms with E-state index in [4.69, 9.17) is 0 Å². The third kappa shape index (κ3) is 5.48. The van der Waals surface area contributed by atoms with Crippen molar-refractivity contribution in [3.63, 3.8) is 0 Å². The number of hydrogen-bond acceptors (Lipinski definition) is 0. The van der Waals surface area contributed by atoms with Crippen molar-refractivity contribution in [1.82, 2.24) is 0 Å². The van der Waals surface area contributed by atoms with Gasteiger partial charge in [-0.1, -0.05) is 146 Å². The maximum absolute atomic E-state index is 2.56. The second kappa shape index (κ2) is 10.3. The molecule has 0 N–H and O–H groups in total. The number of rotatable bonds is 7. The summed E-state index contributed by atoms with van der Waals surface area (Å²) in [5.74, 6) is 0. The predicted octanol–water partition coefficient (Wildman–Crippen LogP) is 6.95. The minimum Gasteiger partial charge on any atom is -0.0765 e. The van der Waals surface area contributed by atoms with E-state index in [2.05, 4.69) is 141 Å². The van der Waals surface area contributed by atoms with Gasteiger partial charge < -0.3 is 0 Å². The molecule has 0 aliphatic heterocycles. The smallest absolute Gasteiger partial charge is 0.0765 e. The topological polar surface area (TPSA) is 0 Å². The van der Waals surface area contributed by atoms with Crippen LogP contribution in [0.15, 0.2) is 127 Å². The van der Waals surface area contributed by atoms with Gasteiger partial charge in [-0.05, 0) is 58.9 Å². The van der Waals surface area contributed by atoms with Crippen molar-refractivity contribution < 1.29 is 0 Å². The molecule has 0 nitrogen and oxygen atoms in total. The highest BCUT2D eigenvalue weighted by molar-refractivity contribution is 7.80. The molecular weight excluding hydrogens is 455 g/mol. The number of benzene rings is 4. The van der Waals surface area contributed by atoms with Crippen LogP contribution in [0.4, 0.5) is 0 Å². The molecule has 174 valence electrons. The van der Waals surface area contributed by atoms with Crippen molar-refractivity contribution >= 4 is 42.7 Å². The molecule has 0 unspecified atom stereocenters. The maximum Gasteiger partial charge on any atom is 0.0776 e. The summed E-state index contributed by atoms with van der Waals surface area (Å²) in [5, 5.41) is 5.86. The Hall–Kier alpha value is -2.99. The van der Waals surface area contributed by atoms with E-state index in [1.165, 1.54) is 43.4 Å². The number of allylic oxidation sites excluding steroid dienone is 4. The van der Waals surface area contributed by atoms with Gasteiger partial charge >= 0.3 is 0 Å². The first-order valence-electron chi connectivity index (χ1n) is 12.5. The van der Waals surface area contributed by atoms with Crippen molar-refractivity contribution in [3.8, 4) is 0 Å². The van der Waals surface area contributed by atoms with Crippen LogP contribution in [0, 0.1) is 0 Å². The Morgan fingerprint density at radius 3 is 1.83 bits per heavy atom. The van der Waals surface area contributed by atoms with Crippen LogP contribution in [0.25, 0.3) is 5.57 Å². The molecule has 0 bridgehead atoms. The molecule has 5 rings (SSSR count). The molecule has 1 aliphatic carbocycles. The zero-order chi connectivity index (χ0) is 24.3. The molecule has 4 aromatic rings. The van der Waals surface area contributed by atoms with E-state index in [1.807, 2.05) is 0 Å². The fraction of sp³-hybridized carbons (Fsp3) is 0.152. The average molecular weight is 489 g/mol. The van der Waals surface area contributed by atoms with E-state index < -0.39 is 16.0 Å². The lowest BCUT2D eigenvalue weighted by atomic mass is 10.0. The van der Waals surface area contributed by atoms with Gasteiger partial charge in [0.1, 0.15) is 0 Å². The van der Waals surface area contributed by atoms with Gasteiger partial charge in [0.15, 0.2) is 0 Å². The molecule has 0 amide bonds. The van der Waals surface area contributed by atoms with E-state index in [1.54, 1.807) is 0 Å². The van der Waals surface area contributed by atoms with Crippen molar-refractivity contribution in [1.29, 1.82) is 0 Å². The first-order chi connectivity index (χ1) is 17.0. The minimum absolute atomic E-state index is 0.650. The molecule has 0 saturated carbocycles. The zero-order valence-corrected chi connectivity index (χ0v) is 22.8. The highest BCUT2D eigenvalue weighted by Crippen LogP contribution is 2.38. The van der Waals surface area contributed by atoms with Crippen LogP contribution in [-0.2, 0) is 6.42 Å². The summed E-state index contributed by atoms with van der Waals surface area (Å²) in [6, 6.07) is 40.4. The minimum atomic E-state index is -1.46. The van der Waals surface area contributed by atoms with E-state index in [9.17, 15) is 0 Å². The Kier molecular flexibility index (Phi) is 7.00. The fourth-order valence-electron chi connectivity index (χ4n) is 4.76. The quantitative estimate of drug-likeness (QED) is 0.195. The van der Waals surface area contributed by atoms with Gasteiger partial charge in [-0.3, -0.25) is 0 Å². The molecule has 0 atom stereocenters. The second-order valence-corrected chi connectivity index (χ2v) is 17.6. The molecule has 0 radical (unpaired) electrons. The zero-order valence-electron chi connectivity index (χ0n) is 20.9. The van der Waals surface area contributed by atoms with Crippen LogP contribution in [0.3, 0.4) is 0 Å². The van der Waals surface area contributed by atoms with E-state index in [0.29, 0.717) is 0 Å². The third-order valence-electron chi connectivity index (χ3n) is 6.67. The summed E-state index contributed by atoms with van der Waals surface area (Å²) in [6.45, 7) is 7.36. The van der Waals surface area contributed by atoms with Crippen LogP contribution in [-0.4, -0.2) is 8.07 Å². The largest absolute Gasteiger partial charge is 0.0776 e. The lowest BCUT2D eigenvalue weighted by Gasteiger charge is -2.26. The van der Waals surface area contributed by atoms with Crippen LogP contribution in [0.2, 0.25) is 19.6 Å². The third-order valence-corrected chi connectivity index (χ3v) is 11.2. The molecule has 0 spiro atoms. The average Bonchev–Trinajstić information content (AvgIpc) is 3.34. The number of hydrogen-bond donors (Lipinski definition) is 0. The lowest BCUT2D eigenvalue weighted by molar-refractivity contribution is 1.20. The standard InChI is InChI=1S/C33H33PSi/c1-35(2,3)31-21-22-32(28-20-19-27(24-28)23-26-13-7-4-8-14-26)33(25-31)34(29-15-9-5-10-16-29)30-17-11-6-12-18-30/h4-19,21-22,24-25H,20,23H2,1-3H3. The van der Waals surface area contributed by atoms with Crippen molar-refractivity contribution in [3.05, 3.63) is 138 Å². The molecule has 35 heavy (non-hydrogen) atoms. The van der Waals surface area contributed by atoms with Crippen LogP contribution in [0.5, 0.6) is 0 Å². The molecule has 4 aromatic carbocycles. The van der Waals surface area contributed by atoms with Crippen molar-refractivity contribution in [2.24, 2.45) is 0 Å². The summed E-state index contributed by atoms with van der Waals surface area (Å²) >= 11 is 0. The van der Waals surface area contributed by atoms with Gasteiger partial charge in [-0.15, -0.1) is 0 Å². The van der Waals surface area contributed by atoms with Crippen molar-refractivity contribution in [2.75, 3.05) is 0 Å². The predicted molar refractivity (Wildman–Crippen MR) is 159 cm³/mol. The monoisotopic (exact) mass is 488 g/mol. The first kappa shape index (κ1) is 23.7. The van der Waals surface area contributed by atoms with Crippen LogP contribution in [0.1, 0.15) is 17.5 Å². The molecule has 0 fully saturated rings. The highest BCUT2D eigenvalue weighted by Gasteiger charge is 2.25. The maximum atomic E-state index is 2.56. The van der Waals surface area contributed by atoms with Crippen LogP contribution < -0.4 is 21.1 Å². The lowest BCUT2D eigenvalue weighted by Crippen LogP contribution is -2.40. The summed E-state index contributed by atoms with van der Waals surface area (Å²) in [6.07, 6.45) is 6.88. The molecular formula is C33H33PSi. The summed E-state index contributed by atoms with van der Waals surface area (Å²) in [5.41, 5.74) is 5.68. The summed E-state index contributed by atoms with van der Waals surface area (Å²) in [4.78, 5) is 0. The second-order valence-electron chi connectivity index (χ2n) is 10.3. The van der Waals surface area contributed by atoms with Crippen LogP contribution >= 0.6 is 7.92 Å². The Balaban J connectivity index is 1.62. The SMILES string of the molecule is C[Si](C)(C)c1ccc(C2=CC(Cc3ccccc3)=CC2)c(P(c2ccccc2)c2ccccc2)c1. The Morgan fingerprint density at radius 1 is 0.686 bits per heavy atom.